The number of hydrogen-bond acceptors (Lipinski definition) is 5. The van der Waals surface area contributed by atoms with E-state index < -0.39 is 0 Å². The number of hydrogen-bond donors (Lipinski definition) is 0. The molecule has 1 saturated heterocycles. The van der Waals surface area contributed by atoms with E-state index in [2.05, 4.69) is 23.6 Å². The average Bonchev–Trinajstić information content (AvgIpc) is 2.79. The lowest BCUT2D eigenvalue weighted by atomic mass is 10.2. The number of carbonyl (C=O) groups is 1. The zero-order valence-corrected chi connectivity index (χ0v) is 17.6. The standard InChI is InChI=1S/C24H30N2O4/c1-3-24(27)26-15-13-25(14-16-26)19-20-5-7-22(8-6-20)29-17-18-30-23-11-9-21(10-12-23)28-4-2/h3,5-12H,1,4,13-19H2,2H3. The van der Waals surface area contributed by atoms with Gasteiger partial charge in [0.25, 0.3) is 0 Å². The highest BCUT2D eigenvalue weighted by Crippen LogP contribution is 2.18. The first-order valence-electron chi connectivity index (χ1n) is 10.4. The molecule has 6 heteroatoms. The highest BCUT2D eigenvalue weighted by Gasteiger charge is 2.19. The highest BCUT2D eigenvalue weighted by atomic mass is 16.5. The molecule has 0 saturated carbocycles. The fourth-order valence-electron chi connectivity index (χ4n) is 3.32. The van der Waals surface area contributed by atoms with Crippen LogP contribution < -0.4 is 14.2 Å². The highest BCUT2D eigenvalue weighted by molar-refractivity contribution is 5.87. The maximum absolute atomic E-state index is 11.7. The van der Waals surface area contributed by atoms with Crippen LogP contribution in [-0.4, -0.2) is 61.7 Å². The smallest absolute Gasteiger partial charge is 0.246 e. The van der Waals surface area contributed by atoms with Gasteiger partial charge in [0, 0.05) is 32.7 Å². The third-order valence-corrected chi connectivity index (χ3v) is 4.94. The molecule has 1 aliphatic heterocycles. The van der Waals surface area contributed by atoms with Gasteiger partial charge in [-0.25, -0.2) is 0 Å². The van der Waals surface area contributed by atoms with Crippen LogP contribution >= 0.6 is 0 Å². The summed E-state index contributed by atoms with van der Waals surface area (Å²) in [6, 6.07) is 15.7. The minimum absolute atomic E-state index is 0.0163. The first-order chi connectivity index (χ1) is 14.7. The predicted molar refractivity (Wildman–Crippen MR) is 117 cm³/mol. The summed E-state index contributed by atoms with van der Waals surface area (Å²) in [6.07, 6.45) is 1.39. The molecular formula is C24H30N2O4. The number of amides is 1. The van der Waals surface area contributed by atoms with Crippen LogP contribution in [0, 0.1) is 0 Å². The number of rotatable bonds is 10. The van der Waals surface area contributed by atoms with E-state index in [9.17, 15) is 4.79 Å². The number of piperazine rings is 1. The minimum Gasteiger partial charge on any atom is -0.494 e. The van der Waals surface area contributed by atoms with Crippen molar-refractivity contribution in [3.63, 3.8) is 0 Å². The van der Waals surface area contributed by atoms with Crippen LogP contribution in [0.2, 0.25) is 0 Å². The molecule has 0 spiro atoms. The first kappa shape index (κ1) is 21.7. The summed E-state index contributed by atoms with van der Waals surface area (Å²) in [5, 5.41) is 0. The third-order valence-electron chi connectivity index (χ3n) is 4.94. The summed E-state index contributed by atoms with van der Waals surface area (Å²) in [4.78, 5) is 15.9. The van der Waals surface area contributed by atoms with Crippen molar-refractivity contribution in [3.05, 3.63) is 66.7 Å². The SMILES string of the molecule is C=CC(=O)N1CCN(Cc2ccc(OCCOc3ccc(OCC)cc3)cc2)CC1. The van der Waals surface area contributed by atoms with Crippen LogP contribution in [0.3, 0.4) is 0 Å². The molecule has 3 rings (SSSR count). The lowest BCUT2D eigenvalue weighted by Gasteiger charge is -2.34. The van der Waals surface area contributed by atoms with Gasteiger partial charge < -0.3 is 19.1 Å². The molecule has 2 aromatic rings. The molecule has 6 nitrogen and oxygen atoms in total. The molecule has 1 heterocycles. The minimum atomic E-state index is 0.0163. The molecule has 30 heavy (non-hydrogen) atoms. The molecular weight excluding hydrogens is 380 g/mol. The second-order valence-corrected chi connectivity index (χ2v) is 7.05. The number of benzene rings is 2. The van der Waals surface area contributed by atoms with Gasteiger partial charge in [0.1, 0.15) is 30.5 Å². The first-order valence-corrected chi connectivity index (χ1v) is 10.4. The Kier molecular flexibility index (Phi) is 8.15. The predicted octanol–water partition coefficient (Wildman–Crippen LogP) is 3.37. The molecule has 0 radical (unpaired) electrons. The molecule has 0 bridgehead atoms. The lowest BCUT2D eigenvalue weighted by Crippen LogP contribution is -2.47. The van der Waals surface area contributed by atoms with Crippen molar-refractivity contribution < 1.29 is 19.0 Å². The maximum Gasteiger partial charge on any atom is 0.246 e. The van der Waals surface area contributed by atoms with E-state index in [0.717, 1.165) is 50.0 Å². The Hall–Kier alpha value is -2.99. The van der Waals surface area contributed by atoms with Crippen molar-refractivity contribution in [1.82, 2.24) is 9.80 Å². The molecule has 0 aliphatic carbocycles. The van der Waals surface area contributed by atoms with Crippen molar-refractivity contribution in [2.24, 2.45) is 0 Å². The van der Waals surface area contributed by atoms with E-state index in [4.69, 9.17) is 14.2 Å². The fraction of sp³-hybridized carbons (Fsp3) is 0.375. The number of carbonyl (C=O) groups excluding carboxylic acids is 1. The van der Waals surface area contributed by atoms with Gasteiger partial charge in [-0.2, -0.15) is 0 Å². The van der Waals surface area contributed by atoms with Crippen LogP contribution in [0.25, 0.3) is 0 Å². The second-order valence-electron chi connectivity index (χ2n) is 7.05. The van der Waals surface area contributed by atoms with Gasteiger partial charge in [0.15, 0.2) is 0 Å². The lowest BCUT2D eigenvalue weighted by molar-refractivity contribution is -0.127. The fourth-order valence-corrected chi connectivity index (χ4v) is 3.32. The number of nitrogens with zero attached hydrogens (tertiary/aromatic N) is 2. The molecule has 0 atom stereocenters. The van der Waals surface area contributed by atoms with E-state index >= 15 is 0 Å². The van der Waals surface area contributed by atoms with Gasteiger partial charge in [0.2, 0.25) is 5.91 Å². The van der Waals surface area contributed by atoms with Crippen LogP contribution in [-0.2, 0) is 11.3 Å². The van der Waals surface area contributed by atoms with Crippen molar-refractivity contribution >= 4 is 5.91 Å². The van der Waals surface area contributed by atoms with Gasteiger partial charge in [0.05, 0.1) is 6.61 Å². The Balaban J connectivity index is 1.35. The summed E-state index contributed by atoms with van der Waals surface area (Å²) in [5.74, 6) is 2.48. The zero-order valence-electron chi connectivity index (χ0n) is 17.6. The summed E-state index contributed by atoms with van der Waals surface area (Å²) in [6.45, 7) is 11.2. The Labute approximate surface area is 178 Å². The molecule has 1 amide bonds. The zero-order chi connectivity index (χ0) is 21.2. The molecule has 0 unspecified atom stereocenters. The number of ether oxygens (including phenoxy) is 3. The van der Waals surface area contributed by atoms with Gasteiger partial charge >= 0.3 is 0 Å². The average molecular weight is 411 g/mol. The van der Waals surface area contributed by atoms with E-state index in [1.165, 1.54) is 11.6 Å². The Morgan fingerprint density at radius 2 is 1.37 bits per heavy atom. The summed E-state index contributed by atoms with van der Waals surface area (Å²) in [5.41, 5.74) is 1.23. The summed E-state index contributed by atoms with van der Waals surface area (Å²) < 4.78 is 16.9. The van der Waals surface area contributed by atoms with Crippen molar-refractivity contribution in [3.8, 4) is 17.2 Å². The summed E-state index contributed by atoms with van der Waals surface area (Å²) in [7, 11) is 0. The topological polar surface area (TPSA) is 51.2 Å². The molecule has 1 fully saturated rings. The monoisotopic (exact) mass is 410 g/mol. The van der Waals surface area contributed by atoms with E-state index in [0.29, 0.717) is 19.8 Å². The van der Waals surface area contributed by atoms with Crippen LogP contribution in [0.4, 0.5) is 0 Å². The molecule has 160 valence electrons. The summed E-state index contributed by atoms with van der Waals surface area (Å²) >= 11 is 0. The van der Waals surface area contributed by atoms with Gasteiger partial charge in [-0.15, -0.1) is 0 Å². The molecule has 0 aromatic heterocycles. The van der Waals surface area contributed by atoms with Crippen LogP contribution in [0.5, 0.6) is 17.2 Å². The third kappa shape index (κ3) is 6.52. The largest absolute Gasteiger partial charge is 0.494 e. The normalized spacial score (nSPS) is 14.2. The van der Waals surface area contributed by atoms with E-state index in [-0.39, 0.29) is 5.91 Å². The van der Waals surface area contributed by atoms with Gasteiger partial charge in [-0.05, 0) is 55.0 Å². The van der Waals surface area contributed by atoms with Gasteiger partial charge in [-0.1, -0.05) is 18.7 Å². The second kappa shape index (κ2) is 11.3. The molecule has 1 aliphatic rings. The molecule has 2 aromatic carbocycles. The van der Waals surface area contributed by atoms with Crippen molar-refractivity contribution in [2.45, 2.75) is 13.5 Å². The molecule has 0 N–H and O–H groups in total. The van der Waals surface area contributed by atoms with Crippen molar-refractivity contribution in [2.75, 3.05) is 46.0 Å². The van der Waals surface area contributed by atoms with E-state index in [1.807, 2.05) is 48.2 Å². The van der Waals surface area contributed by atoms with Crippen molar-refractivity contribution in [1.29, 1.82) is 0 Å². The Morgan fingerprint density at radius 1 is 0.867 bits per heavy atom. The maximum atomic E-state index is 11.7. The van der Waals surface area contributed by atoms with Crippen LogP contribution in [0.1, 0.15) is 12.5 Å². The van der Waals surface area contributed by atoms with Gasteiger partial charge in [-0.3, -0.25) is 9.69 Å². The quantitative estimate of drug-likeness (QED) is 0.444. The van der Waals surface area contributed by atoms with Crippen LogP contribution in [0.15, 0.2) is 61.2 Å². The Bertz CT molecular complexity index is 797. The van der Waals surface area contributed by atoms with E-state index in [1.54, 1.807) is 0 Å². The Morgan fingerprint density at radius 3 is 1.87 bits per heavy atom.